The molecule has 1 N–H and O–H groups in total. The van der Waals surface area contributed by atoms with Crippen molar-refractivity contribution in [1.82, 2.24) is 4.98 Å². The number of anilines is 1. The van der Waals surface area contributed by atoms with E-state index in [0.29, 0.717) is 27.5 Å². The second-order valence-corrected chi connectivity index (χ2v) is 6.37. The molecule has 0 fully saturated rings. The molecule has 1 aromatic heterocycles. The molecule has 0 saturated heterocycles. The average Bonchev–Trinajstić information content (AvgIpc) is 2.81. The predicted octanol–water partition coefficient (Wildman–Crippen LogP) is 4.61. The molecule has 1 aromatic carbocycles. The summed E-state index contributed by atoms with van der Waals surface area (Å²) in [6.07, 6.45) is 2.62. The first kappa shape index (κ1) is 15.6. The van der Waals surface area contributed by atoms with Crippen LogP contribution < -0.4 is 5.32 Å². The van der Waals surface area contributed by atoms with Crippen LogP contribution in [0.4, 0.5) is 5.13 Å². The quantitative estimate of drug-likeness (QED) is 0.801. The monoisotopic (exact) mass is 348 g/mol. The van der Waals surface area contributed by atoms with Crippen LogP contribution in [-0.2, 0) is 11.2 Å². The zero-order chi connectivity index (χ0) is 14.5. The smallest absolute Gasteiger partial charge is 0.227 e. The van der Waals surface area contributed by atoms with Crippen molar-refractivity contribution in [3.05, 3.63) is 44.9 Å². The summed E-state index contributed by atoms with van der Waals surface area (Å²) in [5.41, 5.74) is 0.932. The third kappa shape index (κ3) is 4.35. The first-order chi connectivity index (χ1) is 9.58. The van der Waals surface area contributed by atoms with Gasteiger partial charge in [-0.25, -0.2) is 4.98 Å². The average molecular weight is 350 g/mol. The first-order valence-electron chi connectivity index (χ1n) is 5.83. The van der Waals surface area contributed by atoms with Gasteiger partial charge in [0, 0.05) is 39.8 Å². The van der Waals surface area contributed by atoms with E-state index in [-0.39, 0.29) is 12.3 Å². The standard InChI is InChI=1S/C13H11Cl3N2OS/c14-4-3-12(19)18-13-17-7-10(20-13)6-8-5-9(15)1-2-11(8)16/h1-2,5,7H,3-4,6H2,(H,17,18,19). The van der Waals surface area contributed by atoms with E-state index in [0.717, 1.165) is 10.4 Å². The lowest BCUT2D eigenvalue weighted by molar-refractivity contribution is -0.115. The number of nitrogens with zero attached hydrogens (tertiary/aromatic N) is 1. The van der Waals surface area contributed by atoms with Crippen LogP contribution in [0.1, 0.15) is 16.9 Å². The molecular weight excluding hydrogens is 339 g/mol. The van der Waals surface area contributed by atoms with Crippen molar-refractivity contribution >= 4 is 57.2 Å². The van der Waals surface area contributed by atoms with E-state index in [2.05, 4.69) is 10.3 Å². The Morgan fingerprint density at radius 1 is 1.35 bits per heavy atom. The van der Waals surface area contributed by atoms with Crippen molar-refractivity contribution in [2.24, 2.45) is 0 Å². The van der Waals surface area contributed by atoms with E-state index >= 15 is 0 Å². The minimum Gasteiger partial charge on any atom is -0.302 e. The molecular formula is C13H11Cl3N2OS. The molecule has 1 amide bonds. The molecule has 0 aliphatic rings. The van der Waals surface area contributed by atoms with Crippen molar-refractivity contribution in [2.45, 2.75) is 12.8 Å². The Morgan fingerprint density at radius 3 is 2.90 bits per heavy atom. The zero-order valence-corrected chi connectivity index (χ0v) is 13.4. The van der Waals surface area contributed by atoms with Gasteiger partial charge in [0.05, 0.1) is 0 Å². The fourth-order valence-electron chi connectivity index (χ4n) is 1.58. The Morgan fingerprint density at radius 2 is 2.15 bits per heavy atom. The van der Waals surface area contributed by atoms with Crippen LogP contribution in [0.25, 0.3) is 0 Å². The number of hydrogen-bond acceptors (Lipinski definition) is 3. The molecule has 0 aliphatic carbocycles. The van der Waals surface area contributed by atoms with Crippen molar-refractivity contribution in [2.75, 3.05) is 11.2 Å². The van der Waals surface area contributed by atoms with E-state index in [9.17, 15) is 4.79 Å². The van der Waals surface area contributed by atoms with Gasteiger partial charge in [-0.1, -0.05) is 23.2 Å². The van der Waals surface area contributed by atoms with Crippen molar-refractivity contribution in [3.63, 3.8) is 0 Å². The van der Waals surface area contributed by atoms with Crippen LogP contribution in [0.3, 0.4) is 0 Å². The molecule has 0 unspecified atom stereocenters. The SMILES string of the molecule is O=C(CCCl)Nc1ncc(Cc2cc(Cl)ccc2Cl)s1. The molecule has 2 aromatic rings. The number of hydrogen-bond donors (Lipinski definition) is 1. The van der Waals surface area contributed by atoms with E-state index in [1.165, 1.54) is 11.3 Å². The molecule has 106 valence electrons. The van der Waals surface area contributed by atoms with E-state index in [4.69, 9.17) is 34.8 Å². The zero-order valence-electron chi connectivity index (χ0n) is 10.3. The van der Waals surface area contributed by atoms with Crippen molar-refractivity contribution < 1.29 is 4.79 Å². The summed E-state index contributed by atoms with van der Waals surface area (Å²) in [5, 5.41) is 4.57. The van der Waals surface area contributed by atoms with Crippen molar-refractivity contribution in [3.8, 4) is 0 Å². The van der Waals surface area contributed by atoms with Crippen LogP contribution in [0.5, 0.6) is 0 Å². The number of rotatable bonds is 5. The van der Waals surface area contributed by atoms with Crippen LogP contribution >= 0.6 is 46.1 Å². The minimum atomic E-state index is -0.137. The number of carbonyl (C=O) groups is 1. The Kier molecular flexibility index (Phi) is 5.66. The summed E-state index contributed by atoms with van der Waals surface area (Å²) >= 11 is 19.0. The van der Waals surface area contributed by atoms with Crippen molar-refractivity contribution in [1.29, 1.82) is 0 Å². The van der Waals surface area contributed by atoms with Gasteiger partial charge in [-0.2, -0.15) is 0 Å². The maximum absolute atomic E-state index is 11.4. The van der Waals surface area contributed by atoms with Gasteiger partial charge in [-0.05, 0) is 23.8 Å². The topological polar surface area (TPSA) is 42.0 Å². The van der Waals surface area contributed by atoms with Crippen LogP contribution in [-0.4, -0.2) is 16.8 Å². The van der Waals surface area contributed by atoms with Gasteiger partial charge >= 0.3 is 0 Å². The molecule has 0 saturated carbocycles. The normalized spacial score (nSPS) is 10.6. The Balaban J connectivity index is 2.06. The highest BCUT2D eigenvalue weighted by molar-refractivity contribution is 7.15. The largest absolute Gasteiger partial charge is 0.302 e. The summed E-state index contributed by atoms with van der Waals surface area (Å²) < 4.78 is 0. The number of benzene rings is 1. The molecule has 2 rings (SSSR count). The van der Waals surface area contributed by atoms with Crippen LogP contribution in [0.15, 0.2) is 24.4 Å². The van der Waals surface area contributed by atoms with E-state index in [1.54, 1.807) is 18.3 Å². The number of carbonyl (C=O) groups excluding carboxylic acids is 1. The fourth-order valence-corrected chi connectivity index (χ4v) is 2.98. The van der Waals surface area contributed by atoms with E-state index in [1.807, 2.05) is 6.07 Å². The molecule has 7 heteroatoms. The molecule has 1 heterocycles. The summed E-state index contributed by atoms with van der Waals surface area (Å²) in [5.74, 6) is 0.157. The second-order valence-electron chi connectivity index (χ2n) is 4.03. The maximum Gasteiger partial charge on any atom is 0.227 e. The number of thiazole rings is 1. The maximum atomic E-state index is 11.4. The Hall–Kier alpha value is -0.810. The van der Waals surface area contributed by atoms with Crippen LogP contribution in [0, 0.1) is 0 Å². The molecule has 0 atom stereocenters. The highest BCUT2D eigenvalue weighted by Gasteiger charge is 2.09. The molecule has 0 bridgehead atoms. The Bertz CT molecular complexity index is 615. The molecule has 0 radical (unpaired) electrons. The second kappa shape index (κ2) is 7.27. The predicted molar refractivity (Wildman–Crippen MR) is 85.3 cm³/mol. The molecule has 0 aliphatic heterocycles. The molecule has 0 spiro atoms. The first-order valence-corrected chi connectivity index (χ1v) is 7.93. The minimum absolute atomic E-state index is 0.137. The number of halogens is 3. The number of alkyl halides is 1. The third-order valence-electron chi connectivity index (χ3n) is 2.49. The van der Waals surface area contributed by atoms with Gasteiger partial charge in [0.1, 0.15) is 0 Å². The van der Waals surface area contributed by atoms with Gasteiger partial charge in [0.15, 0.2) is 5.13 Å². The lowest BCUT2D eigenvalue weighted by atomic mass is 10.1. The summed E-state index contributed by atoms with van der Waals surface area (Å²) in [4.78, 5) is 16.6. The van der Waals surface area contributed by atoms with Crippen LogP contribution in [0.2, 0.25) is 10.0 Å². The number of nitrogens with one attached hydrogen (secondary N) is 1. The third-order valence-corrected chi connectivity index (χ3v) is 4.20. The molecule has 3 nitrogen and oxygen atoms in total. The van der Waals surface area contributed by atoms with Gasteiger partial charge < -0.3 is 5.32 Å². The fraction of sp³-hybridized carbons (Fsp3) is 0.231. The van der Waals surface area contributed by atoms with Gasteiger partial charge in [-0.15, -0.1) is 22.9 Å². The lowest BCUT2D eigenvalue weighted by Crippen LogP contribution is -2.11. The highest BCUT2D eigenvalue weighted by atomic mass is 35.5. The highest BCUT2D eigenvalue weighted by Crippen LogP contribution is 2.26. The number of aromatic nitrogens is 1. The summed E-state index contributed by atoms with van der Waals surface area (Å²) in [7, 11) is 0. The van der Waals surface area contributed by atoms with Gasteiger partial charge in [0.25, 0.3) is 0 Å². The number of amides is 1. The Labute approximate surface area is 135 Å². The molecule has 20 heavy (non-hydrogen) atoms. The summed E-state index contributed by atoms with van der Waals surface area (Å²) in [6, 6.07) is 5.34. The van der Waals surface area contributed by atoms with Gasteiger partial charge in [-0.3, -0.25) is 4.79 Å². The lowest BCUT2D eigenvalue weighted by Gasteiger charge is -2.02. The van der Waals surface area contributed by atoms with E-state index < -0.39 is 0 Å². The summed E-state index contributed by atoms with van der Waals surface area (Å²) in [6.45, 7) is 0. The van der Waals surface area contributed by atoms with Gasteiger partial charge in [0.2, 0.25) is 5.91 Å².